The van der Waals surface area contributed by atoms with Gasteiger partial charge >= 0.3 is 12.1 Å². The maximum atomic E-state index is 12.7. The van der Waals surface area contributed by atoms with Gasteiger partial charge in [-0.2, -0.15) is 11.8 Å². The normalized spacial score (nSPS) is 17.1. The number of hydrogen-bond donors (Lipinski definition) is 2. The van der Waals surface area contributed by atoms with E-state index < -0.39 is 24.0 Å². The number of nitrogens with zero attached hydrogens (tertiary/aromatic N) is 2. The first-order chi connectivity index (χ1) is 16.5. The van der Waals surface area contributed by atoms with Gasteiger partial charge in [-0.25, -0.2) is 9.59 Å². The second-order valence-corrected chi connectivity index (χ2v) is 9.10. The predicted octanol–water partition coefficient (Wildman–Crippen LogP) is 3.68. The Labute approximate surface area is 199 Å². The average molecular weight is 480 g/mol. The van der Waals surface area contributed by atoms with Gasteiger partial charge in [-0.3, -0.25) is 10.1 Å². The molecule has 2 amide bonds. The lowest BCUT2D eigenvalue weighted by molar-refractivity contribution is -0.141. The zero-order valence-corrected chi connectivity index (χ0v) is 18.8. The summed E-state index contributed by atoms with van der Waals surface area (Å²) in [6.45, 7) is 0.425. The SMILES string of the molecule is O=C(Nc1cc(C(=O)N2CCSCC2C(=O)O)no1)OCC1c2ccccc2-c2ccccc21. The van der Waals surface area contributed by atoms with E-state index in [0.717, 1.165) is 22.3 Å². The van der Waals surface area contributed by atoms with Crippen LogP contribution in [0, 0.1) is 0 Å². The number of hydrogen-bond acceptors (Lipinski definition) is 7. The third-order valence-corrected chi connectivity index (χ3v) is 7.00. The summed E-state index contributed by atoms with van der Waals surface area (Å²) in [7, 11) is 0. The van der Waals surface area contributed by atoms with E-state index in [1.54, 1.807) is 0 Å². The van der Waals surface area contributed by atoms with Crippen LogP contribution in [0.15, 0.2) is 59.1 Å². The Kier molecular flexibility index (Phi) is 5.97. The summed E-state index contributed by atoms with van der Waals surface area (Å²) in [5.74, 6) is -0.825. The fourth-order valence-electron chi connectivity index (χ4n) is 4.37. The summed E-state index contributed by atoms with van der Waals surface area (Å²) >= 11 is 1.48. The number of nitrogens with one attached hydrogen (secondary N) is 1. The quantitative estimate of drug-likeness (QED) is 0.568. The molecule has 1 aliphatic heterocycles. The Morgan fingerprint density at radius 1 is 1.12 bits per heavy atom. The number of anilines is 1. The highest BCUT2D eigenvalue weighted by atomic mass is 32.2. The highest BCUT2D eigenvalue weighted by Gasteiger charge is 2.34. The number of thioether (sulfide) groups is 1. The van der Waals surface area contributed by atoms with Gasteiger partial charge in [-0.15, -0.1) is 0 Å². The lowest BCUT2D eigenvalue weighted by atomic mass is 9.98. The second-order valence-electron chi connectivity index (χ2n) is 7.95. The molecule has 9 nitrogen and oxygen atoms in total. The molecular formula is C24H21N3O6S. The number of carboxylic acid groups (broad SMARTS) is 1. The lowest BCUT2D eigenvalue weighted by Crippen LogP contribution is -2.50. The second kappa shape index (κ2) is 9.22. The number of rotatable bonds is 5. The predicted molar refractivity (Wildman–Crippen MR) is 125 cm³/mol. The minimum Gasteiger partial charge on any atom is -0.480 e. The van der Waals surface area contributed by atoms with Crippen molar-refractivity contribution in [2.45, 2.75) is 12.0 Å². The van der Waals surface area contributed by atoms with E-state index in [1.807, 2.05) is 36.4 Å². The summed E-state index contributed by atoms with van der Waals surface area (Å²) in [6, 6.07) is 16.4. The van der Waals surface area contributed by atoms with E-state index in [4.69, 9.17) is 9.26 Å². The molecule has 10 heteroatoms. The largest absolute Gasteiger partial charge is 0.480 e. The van der Waals surface area contributed by atoms with Crippen LogP contribution < -0.4 is 5.32 Å². The molecule has 2 aliphatic rings. The Hall–Kier alpha value is -3.79. The maximum Gasteiger partial charge on any atom is 0.414 e. The van der Waals surface area contributed by atoms with Crippen LogP contribution in [0.5, 0.6) is 0 Å². The van der Waals surface area contributed by atoms with Crippen molar-refractivity contribution in [2.24, 2.45) is 0 Å². The van der Waals surface area contributed by atoms with Gasteiger partial charge < -0.3 is 19.3 Å². The maximum absolute atomic E-state index is 12.7. The molecule has 1 fully saturated rings. The zero-order valence-electron chi connectivity index (χ0n) is 18.0. The fraction of sp³-hybridized carbons (Fsp3) is 0.250. The van der Waals surface area contributed by atoms with Gasteiger partial charge in [-0.1, -0.05) is 53.7 Å². The monoisotopic (exact) mass is 479 g/mol. The van der Waals surface area contributed by atoms with E-state index in [2.05, 4.69) is 22.6 Å². The molecule has 1 aromatic heterocycles. The zero-order chi connectivity index (χ0) is 23.7. The van der Waals surface area contributed by atoms with E-state index in [-0.39, 0.29) is 24.1 Å². The Bertz CT molecular complexity index is 1210. The van der Waals surface area contributed by atoms with Crippen molar-refractivity contribution in [1.29, 1.82) is 0 Å². The van der Waals surface area contributed by atoms with E-state index in [9.17, 15) is 19.5 Å². The van der Waals surface area contributed by atoms with E-state index in [1.165, 1.54) is 22.7 Å². The Morgan fingerprint density at radius 2 is 1.79 bits per heavy atom. The van der Waals surface area contributed by atoms with Crippen molar-refractivity contribution in [3.63, 3.8) is 0 Å². The number of aliphatic carboxylic acids is 1. The van der Waals surface area contributed by atoms with Crippen molar-refractivity contribution in [1.82, 2.24) is 10.1 Å². The highest BCUT2D eigenvalue weighted by Crippen LogP contribution is 2.44. The molecular weight excluding hydrogens is 458 g/mol. The molecule has 5 rings (SSSR count). The number of carbonyl (C=O) groups is 3. The first-order valence-electron chi connectivity index (χ1n) is 10.7. The van der Waals surface area contributed by atoms with Crippen LogP contribution in [0.1, 0.15) is 27.5 Å². The van der Waals surface area contributed by atoms with Crippen molar-refractivity contribution in [3.05, 3.63) is 71.4 Å². The highest BCUT2D eigenvalue weighted by molar-refractivity contribution is 7.99. The molecule has 2 heterocycles. The van der Waals surface area contributed by atoms with Gasteiger partial charge in [-0.05, 0) is 22.3 Å². The van der Waals surface area contributed by atoms with Crippen LogP contribution in [-0.2, 0) is 9.53 Å². The molecule has 2 N–H and O–H groups in total. The molecule has 174 valence electrons. The number of amides is 2. The van der Waals surface area contributed by atoms with Crippen LogP contribution in [0.3, 0.4) is 0 Å². The van der Waals surface area contributed by atoms with Crippen LogP contribution in [0.25, 0.3) is 11.1 Å². The Morgan fingerprint density at radius 3 is 2.47 bits per heavy atom. The van der Waals surface area contributed by atoms with Gasteiger partial charge in [0.15, 0.2) is 5.69 Å². The van der Waals surface area contributed by atoms with E-state index in [0.29, 0.717) is 18.1 Å². The number of aromatic nitrogens is 1. The third kappa shape index (κ3) is 4.12. The molecule has 0 radical (unpaired) electrons. The van der Waals surface area contributed by atoms with Gasteiger partial charge in [0, 0.05) is 30.0 Å². The van der Waals surface area contributed by atoms with Crippen LogP contribution >= 0.6 is 11.8 Å². The van der Waals surface area contributed by atoms with Gasteiger partial charge in [0.25, 0.3) is 5.91 Å². The summed E-state index contributed by atoms with van der Waals surface area (Å²) < 4.78 is 10.5. The summed E-state index contributed by atoms with van der Waals surface area (Å²) in [5, 5.41) is 15.5. The molecule has 2 aromatic carbocycles. The average Bonchev–Trinajstić information content (AvgIpc) is 3.45. The number of benzene rings is 2. The van der Waals surface area contributed by atoms with Crippen LogP contribution in [0.2, 0.25) is 0 Å². The molecule has 1 atom stereocenters. The molecule has 1 saturated heterocycles. The van der Waals surface area contributed by atoms with Crippen molar-refractivity contribution < 1.29 is 28.8 Å². The first-order valence-corrected chi connectivity index (χ1v) is 11.9. The summed E-state index contributed by atoms with van der Waals surface area (Å²) in [6.07, 6.45) is -0.741. The Balaban J connectivity index is 1.23. The fourth-order valence-corrected chi connectivity index (χ4v) is 5.41. The van der Waals surface area contributed by atoms with Crippen LogP contribution in [0.4, 0.5) is 10.7 Å². The number of carboxylic acids is 1. The third-order valence-electron chi connectivity index (χ3n) is 5.97. The van der Waals surface area contributed by atoms with Gasteiger partial charge in [0.2, 0.25) is 5.88 Å². The van der Waals surface area contributed by atoms with Gasteiger partial charge in [0.1, 0.15) is 12.6 Å². The van der Waals surface area contributed by atoms with Crippen molar-refractivity contribution >= 4 is 35.6 Å². The number of ether oxygens (including phenoxy) is 1. The van der Waals surface area contributed by atoms with Crippen LogP contribution in [-0.4, -0.2) is 63.8 Å². The molecule has 0 bridgehead atoms. The summed E-state index contributed by atoms with van der Waals surface area (Å²) in [4.78, 5) is 37.9. The molecule has 1 unspecified atom stereocenters. The molecule has 0 saturated carbocycles. The minimum atomic E-state index is -1.07. The smallest absolute Gasteiger partial charge is 0.414 e. The molecule has 34 heavy (non-hydrogen) atoms. The summed E-state index contributed by atoms with van der Waals surface area (Å²) in [5.41, 5.74) is 4.36. The number of fused-ring (bicyclic) bond motifs is 3. The van der Waals surface area contributed by atoms with E-state index >= 15 is 0 Å². The topological polar surface area (TPSA) is 122 Å². The molecule has 0 spiro atoms. The van der Waals surface area contributed by atoms with Gasteiger partial charge in [0.05, 0.1) is 0 Å². The standard InChI is InChI=1S/C24H21N3O6S/c28-22(27-9-10-34-13-20(27)23(29)30)19-11-21(33-26-19)25-24(31)32-12-18-16-7-3-1-5-14(16)15-6-2-4-8-17(15)18/h1-8,11,18,20H,9-10,12-13H2,(H,25,31)(H,29,30). The van der Waals surface area contributed by atoms with Crippen molar-refractivity contribution in [2.75, 3.05) is 30.0 Å². The first kappa shape index (κ1) is 22.0. The van der Waals surface area contributed by atoms with Crippen molar-refractivity contribution in [3.8, 4) is 11.1 Å². The number of carbonyl (C=O) groups excluding carboxylic acids is 2. The molecule has 3 aromatic rings. The minimum absolute atomic E-state index is 0.0566. The molecule has 1 aliphatic carbocycles. The lowest BCUT2D eigenvalue weighted by Gasteiger charge is -2.31.